The first-order valence-corrected chi connectivity index (χ1v) is 14.5. The van der Waals surface area contributed by atoms with E-state index in [0.29, 0.717) is 5.92 Å². The van der Waals surface area contributed by atoms with Gasteiger partial charge in [0.25, 0.3) is 0 Å². The van der Waals surface area contributed by atoms with Gasteiger partial charge >= 0.3 is 0 Å². The van der Waals surface area contributed by atoms with Gasteiger partial charge in [-0.2, -0.15) is 0 Å². The number of fused-ring (bicyclic) bond motifs is 2. The lowest BCUT2D eigenvalue weighted by Crippen LogP contribution is -2.20. The molecule has 39 heavy (non-hydrogen) atoms. The van der Waals surface area contributed by atoms with E-state index in [1.54, 1.807) is 0 Å². The van der Waals surface area contributed by atoms with Crippen LogP contribution in [0.1, 0.15) is 89.5 Å². The molecule has 2 aromatic rings. The number of anilines is 2. The SMILES string of the molecule is C=C(/C=C\C=C/C)Cc1cccc(N(C(/C=C\C)=C/C)c2ccc3c(c2)C(C)(C)C2=C3CCC=C2)c1C(C)C. The topological polar surface area (TPSA) is 3.24 Å². The molecule has 0 bridgehead atoms. The van der Waals surface area contributed by atoms with Crippen LogP contribution in [0.2, 0.25) is 0 Å². The van der Waals surface area contributed by atoms with Crippen molar-refractivity contribution in [2.75, 3.05) is 4.90 Å². The van der Waals surface area contributed by atoms with Gasteiger partial charge in [0, 0.05) is 22.5 Å². The van der Waals surface area contributed by atoms with Gasteiger partial charge in [0.15, 0.2) is 0 Å². The summed E-state index contributed by atoms with van der Waals surface area (Å²) in [6.45, 7) is 20.0. The van der Waals surface area contributed by atoms with Crippen molar-refractivity contribution in [2.24, 2.45) is 0 Å². The lowest BCUT2D eigenvalue weighted by Gasteiger charge is -2.32. The molecule has 0 heterocycles. The van der Waals surface area contributed by atoms with E-state index in [1.165, 1.54) is 50.5 Å². The van der Waals surface area contributed by atoms with Crippen molar-refractivity contribution in [1.29, 1.82) is 0 Å². The third kappa shape index (κ3) is 5.59. The van der Waals surface area contributed by atoms with Crippen molar-refractivity contribution in [3.8, 4) is 0 Å². The second kappa shape index (κ2) is 12.1. The summed E-state index contributed by atoms with van der Waals surface area (Å²) in [5, 5.41) is 0. The van der Waals surface area contributed by atoms with Crippen LogP contribution in [0.15, 0.2) is 115 Å². The van der Waals surface area contributed by atoms with Crippen LogP contribution in [-0.2, 0) is 11.8 Å². The number of benzene rings is 2. The third-order valence-electron chi connectivity index (χ3n) is 8.04. The zero-order valence-corrected chi connectivity index (χ0v) is 25.0. The summed E-state index contributed by atoms with van der Waals surface area (Å²) in [7, 11) is 0. The lowest BCUT2D eigenvalue weighted by molar-refractivity contribution is 0.651. The van der Waals surface area contributed by atoms with E-state index in [1.807, 2.05) is 13.0 Å². The number of nitrogens with zero attached hydrogens (tertiary/aromatic N) is 1. The van der Waals surface area contributed by atoms with Crippen LogP contribution in [0.25, 0.3) is 5.57 Å². The highest BCUT2D eigenvalue weighted by Gasteiger charge is 2.37. The molecule has 0 spiro atoms. The molecule has 0 N–H and O–H groups in total. The van der Waals surface area contributed by atoms with E-state index in [9.17, 15) is 0 Å². The minimum atomic E-state index is -0.000305. The fourth-order valence-corrected chi connectivity index (χ4v) is 6.25. The van der Waals surface area contributed by atoms with Crippen LogP contribution < -0.4 is 4.90 Å². The molecule has 0 saturated heterocycles. The Kier molecular flexibility index (Phi) is 8.80. The summed E-state index contributed by atoms with van der Waals surface area (Å²) in [6.07, 6.45) is 22.7. The van der Waals surface area contributed by atoms with Crippen molar-refractivity contribution in [3.05, 3.63) is 137 Å². The van der Waals surface area contributed by atoms with Gasteiger partial charge in [0.05, 0.1) is 0 Å². The zero-order valence-electron chi connectivity index (χ0n) is 25.0. The maximum absolute atomic E-state index is 4.36. The van der Waals surface area contributed by atoms with E-state index in [0.717, 1.165) is 24.8 Å². The molecule has 0 amide bonds. The number of rotatable bonds is 9. The fraction of sp³-hybridized carbons (Fsp3) is 0.316. The molecule has 1 heteroatoms. The Hall–Kier alpha value is -3.58. The van der Waals surface area contributed by atoms with Gasteiger partial charge in [-0.1, -0.05) is 107 Å². The summed E-state index contributed by atoms with van der Waals surface area (Å²) < 4.78 is 0. The van der Waals surface area contributed by atoms with Gasteiger partial charge < -0.3 is 4.90 Å². The Bertz CT molecular complexity index is 1410. The van der Waals surface area contributed by atoms with E-state index in [2.05, 4.69) is 138 Å². The van der Waals surface area contributed by atoms with Crippen molar-refractivity contribution >= 4 is 16.9 Å². The predicted octanol–water partition coefficient (Wildman–Crippen LogP) is 11.1. The maximum atomic E-state index is 4.36. The molecule has 1 nitrogen and oxygen atoms in total. The van der Waals surface area contributed by atoms with Gasteiger partial charge in [-0.3, -0.25) is 0 Å². The summed E-state index contributed by atoms with van der Waals surface area (Å²) in [6, 6.07) is 13.9. The molecule has 2 aliphatic carbocycles. The number of hydrogen-bond donors (Lipinski definition) is 0. The molecule has 0 radical (unpaired) electrons. The smallest absolute Gasteiger partial charge is 0.0498 e. The normalized spacial score (nSPS) is 16.7. The molecular weight excluding hydrogens is 470 g/mol. The second-order valence-electron chi connectivity index (χ2n) is 11.5. The minimum Gasteiger partial charge on any atom is -0.311 e. The van der Waals surface area contributed by atoms with Crippen molar-refractivity contribution in [1.82, 2.24) is 0 Å². The van der Waals surface area contributed by atoms with E-state index >= 15 is 0 Å². The van der Waals surface area contributed by atoms with Crippen LogP contribution in [-0.4, -0.2) is 0 Å². The third-order valence-corrected chi connectivity index (χ3v) is 8.04. The Morgan fingerprint density at radius 3 is 2.51 bits per heavy atom. The summed E-state index contributed by atoms with van der Waals surface area (Å²) in [5.41, 5.74) is 13.3. The monoisotopic (exact) mass is 515 g/mol. The van der Waals surface area contributed by atoms with Crippen LogP contribution in [0.3, 0.4) is 0 Å². The number of allylic oxidation sites excluding steroid dienone is 12. The molecule has 202 valence electrons. The van der Waals surface area contributed by atoms with E-state index < -0.39 is 0 Å². The van der Waals surface area contributed by atoms with Crippen molar-refractivity contribution in [2.45, 2.75) is 79.1 Å². The molecule has 0 atom stereocenters. The molecule has 0 fully saturated rings. The van der Waals surface area contributed by atoms with Crippen LogP contribution in [0, 0.1) is 0 Å². The van der Waals surface area contributed by atoms with Crippen molar-refractivity contribution in [3.63, 3.8) is 0 Å². The van der Waals surface area contributed by atoms with Gasteiger partial charge in [0.1, 0.15) is 0 Å². The fourth-order valence-electron chi connectivity index (χ4n) is 6.25. The highest BCUT2D eigenvalue weighted by atomic mass is 15.1. The molecular formula is C38H45N. The van der Waals surface area contributed by atoms with Gasteiger partial charge in [-0.05, 0) is 104 Å². The molecule has 0 aliphatic heterocycles. The molecule has 0 saturated carbocycles. The largest absolute Gasteiger partial charge is 0.311 e. The molecule has 2 aliphatic rings. The Morgan fingerprint density at radius 2 is 1.82 bits per heavy atom. The quantitative estimate of drug-likeness (QED) is 0.300. The van der Waals surface area contributed by atoms with Crippen LogP contribution >= 0.6 is 0 Å². The summed E-state index contributed by atoms with van der Waals surface area (Å²) in [5.74, 6) is 0.361. The second-order valence-corrected chi connectivity index (χ2v) is 11.5. The summed E-state index contributed by atoms with van der Waals surface area (Å²) in [4.78, 5) is 2.46. The molecule has 2 aromatic carbocycles. The number of hydrogen-bond acceptors (Lipinski definition) is 1. The van der Waals surface area contributed by atoms with Gasteiger partial charge in [-0.25, -0.2) is 0 Å². The Morgan fingerprint density at radius 1 is 1.03 bits per heavy atom. The Labute approximate surface area is 237 Å². The molecule has 0 aromatic heterocycles. The van der Waals surface area contributed by atoms with Crippen molar-refractivity contribution < 1.29 is 0 Å². The van der Waals surface area contributed by atoms with Gasteiger partial charge in [-0.15, -0.1) is 0 Å². The van der Waals surface area contributed by atoms with Gasteiger partial charge in [0.2, 0.25) is 0 Å². The average Bonchev–Trinajstić information content (AvgIpc) is 3.15. The first-order chi connectivity index (χ1) is 18.7. The van der Waals surface area contributed by atoms with Crippen LogP contribution in [0.5, 0.6) is 0 Å². The molecule has 0 unspecified atom stereocenters. The molecule has 4 rings (SSSR count). The highest BCUT2D eigenvalue weighted by Crippen LogP contribution is 2.51. The first-order valence-electron chi connectivity index (χ1n) is 14.5. The Balaban J connectivity index is 1.88. The lowest BCUT2D eigenvalue weighted by atomic mass is 9.80. The van der Waals surface area contributed by atoms with E-state index in [-0.39, 0.29) is 5.41 Å². The average molecular weight is 516 g/mol. The predicted molar refractivity (Wildman–Crippen MR) is 173 cm³/mol. The highest BCUT2D eigenvalue weighted by molar-refractivity contribution is 5.86. The minimum absolute atomic E-state index is 0.000305. The summed E-state index contributed by atoms with van der Waals surface area (Å²) >= 11 is 0. The van der Waals surface area contributed by atoms with Crippen LogP contribution in [0.4, 0.5) is 11.4 Å². The zero-order chi connectivity index (χ0) is 28.2. The van der Waals surface area contributed by atoms with E-state index in [4.69, 9.17) is 0 Å². The first kappa shape index (κ1) is 28.4. The standard InChI is InChI=1S/C38H45N/c1-9-12-13-18-28(6)25-29-19-16-22-36(37(29)27(4)5)39(30(11-3)17-10-2)31-23-24-33-32-20-14-15-21-34(32)38(7,8)35(33)26-31/h9-13,15-19,21-24,26-27H,6,14,20,25H2,1-5,7-8H3/b12-9-,17-10-,18-13-,30-11+. The maximum Gasteiger partial charge on any atom is 0.0498 e.